The number of hydrogen-bond donors (Lipinski definition) is 1. The van der Waals surface area contributed by atoms with Crippen molar-refractivity contribution in [1.82, 2.24) is 24.4 Å². The standard InChI is InChI=1S/C28H26ClN5O3/c1-17-22(12-19(29)14-30-17)27(35)32-20-8-6-18(7-9-20)15-33-24-4-2-3-5-25(24)34(28(33)36)21-10-11-26-23(13-21)31-16-37-26/h2-5,10-14,16,18,20H,6-9,15H2,1H3,(H,32,35). The predicted octanol–water partition coefficient (Wildman–Crippen LogP) is 5.28. The number of halogens is 1. The van der Waals surface area contributed by atoms with E-state index in [1.54, 1.807) is 23.8 Å². The van der Waals surface area contributed by atoms with Crippen LogP contribution in [-0.4, -0.2) is 31.1 Å². The van der Waals surface area contributed by atoms with Crippen molar-refractivity contribution in [2.75, 3.05) is 0 Å². The highest BCUT2D eigenvalue weighted by atomic mass is 35.5. The minimum Gasteiger partial charge on any atom is -0.443 e. The van der Waals surface area contributed by atoms with Crippen molar-refractivity contribution in [3.8, 4) is 5.69 Å². The third kappa shape index (κ3) is 4.42. The summed E-state index contributed by atoms with van der Waals surface area (Å²) < 4.78 is 8.99. The Morgan fingerprint density at radius 1 is 1.08 bits per heavy atom. The number of amides is 1. The van der Waals surface area contributed by atoms with Crippen LogP contribution < -0.4 is 11.0 Å². The minimum atomic E-state index is -0.140. The second-order valence-corrected chi connectivity index (χ2v) is 10.1. The fourth-order valence-corrected chi connectivity index (χ4v) is 5.53. The van der Waals surface area contributed by atoms with E-state index in [2.05, 4.69) is 15.3 Å². The summed E-state index contributed by atoms with van der Waals surface area (Å²) >= 11 is 6.04. The van der Waals surface area contributed by atoms with Gasteiger partial charge in [0.05, 0.1) is 33.0 Å². The molecule has 5 aromatic rings. The van der Waals surface area contributed by atoms with Gasteiger partial charge in [-0.05, 0) is 74.9 Å². The topological polar surface area (TPSA) is 95.0 Å². The number of aromatic nitrogens is 4. The summed E-state index contributed by atoms with van der Waals surface area (Å²) in [4.78, 5) is 34.9. The van der Waals surface area contributed by atoms with Crippen LogP contribution in [0.2, 0.25) is 5.02 Å². The van der Waals surface area contributed by atoms with Crippen molar-refractivity contribution >= 4 is 39.6 Å². The number of nitrogens with one attached hydrogen (secondary N) is 1. The molecule has 37 heavy (non-hydrogen) atoms. The highest BCUT2D eigenvalue weighted by Crippen LogP contribution is 2.28. The van der Waals surface area contributed by atoms with Gasteiger partial charge in [0.1, 0.15) is 5.52 Å². The Labute approximate surface area is 217 Å². The molecule has 1 aliphatic carbocycles. The molecule has 1 fully saturated rings. The number of nitrogens with zero attached hydrogens (tertiary/aromatic N) is 4. The largest absolute Gasteiger partial charge is 0.443 e. The smallest absolute Gasteiger partial charge is 0.333 e. The molecule has 0 saturated heterocycles. The maximum Gasteiger partial charge on any atom is 0.333 e. The van der Waals surface area contributed by atoms with Gasteiger partial charge in [-0.25, -0.2) is 9.78 Å². The first-order valence-electron chi connectivity index (χ1n) is 12.4. The predicted molar refractivity (Wildman–Crippen MR) is 142 cm³/mol. The summed E-state index contributed by atoms with van der Waals surface area (Å²) in [7, 11) is 0. The van der Waals surface area contributed by atoms with E-state index in [-0.39, 0.29) is 17.6 Å². The highest BCUT2D eigenvalue weighted by Gasteiger charge is 2.25. The zero-order valence-corrected chi connectivity index (χ0v) is 21.1. The number of fused-ring (bicyclic) bond motifs is 2. The molecule has 0 unspecified atom stereocenters. The summed E-state index contributed by atoms with van der Waals surface area (Å²) in [5, 5.41) is 3.59. The van der Waals surface area contributed by atoms with Crippen LogP contribution >= 0.6 is 11.6 Å². The van der Waals surface area contributed by atoms with Gasteiger partial charge in [0.25, 0.3) is 5.91 Å². The lowest BCUT2D eigenvalue weighted by molar-refractivity contribution is 0.0919. The van der Waals surface area contributed by atoms with Crippen LogP contribution in [-0.2, 0) is 6.54 Å². The summed E-state index contributed by atoms with van der Waals surface area (Å²) in [5.41, 5.74) is 5.04. The lowest BCUT2D eigenvalue weighted by atomic mass is 9.85. The van der Waals surface area contributed by atoms with Crippen LogP contribution in [0.5, 0.6) is 0 Å². The first kappa shape index (κ1) is 23.5. The average molecular weight is 516 g/mol. The van der Waals surface area contributed by atoms with Crippen molar-refractivity contribution in [3.05, 3.63) is 87.9 Å². The third-order valence-corrected chi connectivity index (χ3v) is 7.54. The van der Waals surface area contributed by atoms with Crippen LogP contribution in [0.25, 0.3) is 27.8 Å². The fraction of sp³-hybridized carbons (Fsp3) is 0.286. The number of pyridine rings is 1. The lowest BCUT2D eigenvalue weighted by Crippen LogP contribution is -2.39. The van der Waals surface area contributed by atoms with Crippen molar-refractivity contribution in [2.45, 2.75) is 45.2 Å². The van der Waals surface area contributed by atoms with Crippen LogP contribution in [0.15, 0.2) is 70.3 Å². The van der Waals surface area contributed by atoms with Gasteiger partial charge in [-0.1, -0.05) is 23.7 Å². The SMILES string of the molecule is Cc1ncc(Cl)cc1C(=O)NC1CCC(Cn2c(=O)n(-c3ccc4ocnc4c3)c3ccccc32)CC1. The Morgan fingerprint density at radius 2 is 1.86 bits per heavy atom. The Bertz CT molecular complexity index is 1680. The monoisotopic (exact) mass is 515 g/mol. The van der Waals surface area contributed by atoms with E-state index in [1.165, 1.54) is 6.39 Å². The number of rotatable bonds is 5. The van der Waals surface area contributed by atoms with E-state index < -0.39 is 0 Å². The number of aryl methyl sites for hydroxylation is 1. The van der Waals surface area contributed by atoms with Crippen molar-refractivity contribution < 1.29 is 9.21 Å². The molecule has 3 aromatic heterocycles. The number of benzene rings is 2. The first-order valence-corrected chi connectivity index (χ1v) is 12.8. The van der Waals surface area contributed by atoms with Gasteiger partial charge in [0.2, 0.25) is 0 Å². The molecule has 0 atom stereocenters. The Balaban J connectivity index is 1.20. The fourth-order valence-electron chi connectivity index (χ4n) is 5.37. The zero-order chi connectivity index (χ0) is 25.5. The normalized spacial score (nSPS) is 17.9. The van der Waals surface area contributed by atoms with Gasteiger partial charge in [0.15, 0.2) is 12.0 Å². The molecule has 1 amide bonds. The highest BCUT2D eigenvalue weighted by molar-refractivity contribution is 6.30. The van der Waals surface area contributed by atoms with E-state index in [0.29, 0.717) is 39.8 Å². The van der Waals surface area contributed by atoms with E-state index in [9.17, 15) is 9.59 Å². The Morgan fingerprint density at radius 3 is 2.68 bits per heavy atom. The summed E-state index contributed by atoms with van der Waals surface area (Å²) in [6.07, 6.45) is 6.53. The quantitative estimate of drug-likeness (QED) is 0.343. The second-order valence-electron chi connectivity index (χ2n) is 9.70. The first-order chi connectivity index (χ1) is 18.0. The molecule has 9 heteroatoms. The minimum absolute atomic E-state index is 0.0663. The molecule has 1 aliphatic rings. The van der Waals surface area contributed by atoms with Gasteiger partial charge >= 0.3 is 5.69 Å². The van der Waals surface area contributed by atoms with Gasteiger partial charge in [-0.15, -0.1) is 0 Å². The molecular formula is C28H26ClN5O3. The molecular weight excluding hydrogens is 490 g/mol. The molecule has 188 valence electrons. The number of para-hydroxylation sites is 2. The second kappa shape index (κ2) is 9.52. The van der Waals surface area contributed by atoms with Gasteiger partial charge in [-0.3, -0.25) is 18.9 Å². The molecule has 1 N–H and O–H groups in total. The molecule has 0 radical (unpaired) electrons. The van der Waals surface area contributed by atoms with Gasteiger partial charge in [-0.2, -0.15) is 0 Å². The summed E-state index contributed by atoms with van der Waals surface area (Å²) in [5.74, 6) is 0.206. The average Bonchev–Trinajstić information content (AvgIpc) is 3.48. The maximum atomic E-state index is 13.7. The lowest BCUT2D eigenvalue weighted by Gasteiger charge is -2.29. The number of carbonyl (C=O) groups is 1. The molecule has 8 nitrogen and oxygen atoms in total. The summed E-state index contributed by atoms with van der Waals surface area (Å²) in [6.45, 7) is 2.44. The maximum absolute atomic E-state index is 13.7. The molecule has 0 aliphatic heterocycles. The number of carbonyl (C=O) groups excluding carboxylic acids is 1. The van der Waals surface area contributed by atoms with Crippen molar-refractivity contribution in [3.63, 3.8) is 0 Å². The number of imidazole rings is 1. The molecule has 2 aromatic carbocycles. The number of oxazole rings is 1. The van der Waals surface area contributed by atoms with E-state index in [0.717, 1.165) is 42.4 Å². The van der Waals surface area contributed by atoms with Crippen molar-refractivity contribution in [2.24, 2.45) is 5.92 Å². The van der Waals surface area contributed by atoms with Crippen molar-refractivity contribution in [1.29, 1.82) is 0 Å². The zero-order valence-electron chi connectivity index (χ0n) is 20.4. The van der Waals surface area contributed by atoms with Crippen LogP contribution in [0.1, 0.15) is 41.7 Å². The van der Waals surface area contributed by atoms with Crippen LogP contribution in [0, 0.1) is 12.8 Å². The third-order valence-electron chi connectivity index (χ3n) is 7.33. The number of hydrogen-bond acceptors (Lipinski definition) is 5. The van der Waals surface area contributed by atoms with Crippen LogP contribution in [0.4, 0.5) is 0 Å². The van der Waals surface area contributed by atoms with Gasteiger partial charge < -0.3 is 9.73 Å². The van der Waals surface area contributed by atoms with Gasteiger partial charge in [0, 0.05) is 18.8 Å². The van der Waals surface area contributed by atoms with E-state index in [1.807, 2.05) is 47.0 Å². The molecule has 1 saturated carbocycles. The molecule has 6 rings (SSSR count). The van der Waals surface area contributed by atoms with E-state index in [4.69, 9.17) is 16.0 Å². The molecule has 3 heterocycles. The summed E-state index contributed by atoms with van der Waals surface area (Å²) in [6, 6.07) is 15.2. The Hall–Kier alpha value is -3.91. The molecule has 0 bridgehead atoms. The molecule has 0 spiro atoms. The Kier molecular flexibility index (Phi) is 6.04. The van der Waals surface area contributed by atoms with E-state index >= 15 is 0 Å². The van der Waals surface area contributed by atoms with Crippen LogP contribution in [0.3, 0.4) is 0 Å².